The summed E-state index contributed by atoms with van der Waals surface area (Å²) in [5.74, 6) is 1.62. The standard InChI is InChI=1S/C39H48N6O3/c1-4-43(25-28-46)34-16-7-31(8-17-34)13-22-37-40-38(23-14-32-9-18-35(19-10-32)44(5-2)26-29-47)42-39(41-37)24-15-33-11-20-36(21-12-33)45(6-3)27-30-48/h7-24,46-48H,4-6,25-30H2,1-3H3/b22-13+,23-14+,24-15+. The molecule has 0 aliphatic heterocycles. The first-order valence-corrected chi connectivity index (χ1v) is 16.7. The zero-order valence-electron chi connectivity index (χ0n) is 28.3. The molecule has 0 spiro atoms. The molecule has 0 atom stereocenters. The first kappa shape index (κ1) is 36.0. The number of hydrogen-bond donors (Lipinski definition) is 3. The molecule has 252 valence electrons. The molecule has 0 saturated heterocycles. The fraction of sp³-hybridized carbons (Fsp3) is 0.308. The van der Waals surface area contributed by atoms with Crippen molar-refractivity contribution in [2.45, 2.75) is 20.8 Å². The summed E-state index contributed by atoms with van der Waals surface area (Å²) in [6, 6.07) is 24.6. The van der Waals surface area contributed by atoms with Crippen LogP contribution >= 0.6 is 0 Å². The van der Waals surface area contributed by atoms with E-state index in [-0.39, 0.29) is 19.8 Å². The Bertz CT molecular complexity index is 1410. The zero-order chi connectivity index (χ0) is 34.1. The van der Waals surface area contributed by atoms with Gasteiger partial charge in [0.15, 0.2) is 17.5 Å². The van der Waals surface area contributed by atoms with Crippen molar-refractivity contribution in [1.82, 2.24) is 15.0 Å². The van der Waals surface area contributed by atoms with Crippen LogP contribution in [0.2, 0.25) is 0 Å². The zero-order valence-corrected chi connectivity index (χ0v) is 28.3. The lowest BCUT2D eigenvalue weighted by molar-refractivity contribution is 0.302. The Balaban J connectivity index is 1.59. The van der Waals surface area contributed by atoms with E-state index >= 15 is 0 Å². The quantitative estimate of drug-likeness (QED) is 0.123. The third kappa shape index (κ3) is 10.6. The van der Waals surface area contributed by atoms with Crippen LogP contribution in [0.3, 0.4) is 0 Å². The van der Waals surface area contributed by atoms with Gasteiger partial charge in [-0.25, -0.2) is 15.0 Å². The summed E-state index contributed by atoms with van der Waals surface area (Å²) in [6.07, 6.45) is 11.6. The van der Waals surface area contributed by atoms with E-state index in [1.165, 1.54) is 0 Å². The molecule has 0 aliphatic rings. The smallest absolute Gasteiger partial charge is 0.156 e. The minimum atomic E-state index is 0.114. The minimum absolute atomic E-state index is 0.114. The molecule has 4 aromatic rings. The Labute approximate surface area is 284 Å². The van der Waals surface area contributed by atoms with Crippen LogP contribution < -0.4 is 14.7 Å². The van der Waals surface area contributed by atoms with Gasteiger partial charge < -0.3 is 30.0 Å². The monoisotopic (exact) mass is 648 g/mol. The molecular formula is C39H48N6O3. The van der Waals surface area contributed by atoms with Crippen molar-refractivity contribution in [2.24, 2.45) is 0 Å². The number of hydrogen-bond acceptors (Lipinski definition) is 9. The molecule has 0 bridgehead atoms. The average molecular weight is 649 g/mol. The highest BCUT2D eigenvalue weighted by Gasteiger charge is 2.06. The summed E-state index contributed by atoms with van der Waals surface area (Å²) in [7, 11) is 0. The Hall–Kier alpha value is -4.83. The number of likely N-dealkylation sites (N-methyl/N-ethyl adjacent to an activating group) is 3. The van der Waals surface area contributed by atoms with E-state index in [1.807, 2.05) is 72.9 Å². The molecule has 0 saturated carbocycles. The summed E-state index contributed by atoms with van der Waals surface area (Å²) in [4.78, 5) is 20.5. The Morgan fingerprint density at radius 3 is 0.875 bits per heavy atom. The number of aliphatic hydroxyl groups is 3. The van der Waals surface area contributed by atoms with Crippen LogP contribution in [0.5, 0.6) is 0 Å². The maximum atomic E-state index is 9.36. The van der Waals surface area contributed by atoms with Gasteiger partial charge in [0.1, 0.15) is 0 Å². The minimum Gasteiger partial charge on any atom is -0.395 e. The third-order valence-electron chi connectivity index (χ3n) is 7.99. The van der Waals surface area contributed by atoms with Crippen LogP contribution in [0.15, 0.2) is 72.8 Å². The van der Waals surface area contributed by atoms with Crippen molar-refractivity contribution in [2.75, 3.05) is 73.8 Å². The fourth-order valence-electron chi connectivity index (χ4n) is 5.32. The van der Waals surface area contributed by atoms with E-state index in [9.17, 15) is 15.3 Å². The van der Waals surface area contributed by atoms with Gasteiger partial charge in [-0.2, -0.15) is 0 Å². The van der Waals surface area contributed by atoms with Crippen LogP contribution in [0.4, 0.5) is 17.1 Å². The number of nitrogens with zero attached hydrogens (tertiary/aromatic N) is 6. The van der Waals surface area contributed by atoms with Crippen molar-refractivity contribution in [3.8, 4) is 0 Å². The van der Waals surface area contributed by atoms with Crippen LogP contribution in [-0.2, 0) is 0 Å². The lowest BCUT2D eigenvalue weighted by atomic mass is 10.1. The SMILES string of the molecule is CCN(CCO)c1ccc(/C=C/c2nc(/C=C/c3ccc(N(CC)CCO)cc3)nc(/C=C/c3ccc(N(CC)CCO)cc3)n2)cc1. The molecule has 0 aliphatic carbocycles. The maximum absolute atomic E-state index is 9.36. The van der Waals surface area contributed by atoms with Gasteiger partial charge >= 0.3 is 0 Å². The highest BCUT2D eigenvalue weighted by molar-refractivity contribution is 5.73. The molecule has 3 N–H and O–H groups in total. The van der Waals surface area contributed by atoms with E-state index in [0.29, 0.717) is 37.1 Å². The third-order valence-corrected chi connectivity index (χ3v) is 7.99. The van der Waals surface area contributed by atoms with E-state index in [1.54, 1.807) is 0 Å². The Morgan fingerprint density at radius 2 is 0.667 bits per heavy atom. The number of benzene rings is 3. The molecule has 1 heterocycles. The van der Waals surface area contributed by atoms with Crippen LogP contribution in [0.25, 0.3) is 36.5 Å². The molecule has 0 amide bonds. The van der Waals surface area contributed by atoms with Gasteiger partial charge in [-0.3, -0.25) is 0 Å². The highest BCUT2D eigenvalue weighted by Crippen LogP contribution is 2.19. The highest BCUT2D eigenvalue weighted by atomic mass is 16.3. The maximum Gasteiger partial charge on any atom is 0.156 e. The number of aliphatic hydroxyl groups excluding tert-OH is 3. The topological polar surface area (TPSA) is 109 Å². The van der Waals surface area contributed by atoms with E-state index in [4.69, 9.17) is 15.0 Å². The van der Waals surface area contributed by atoms with Crippen molar-refractivity contribution >= 4 is 53.5 Å². The van der Waals surface area contributed by atoms with Crippen molar-refractivity contribution in [1.29, 1.82) is 0 Å². The molecule has 0 radical (unpaired) electrons. The predicted octanol–water partition coefficient (Wildman–Crippen LogP) is 5.84. The van der Waals surface area contributed by atoms with E-state index < -0.39 is 0 Å². The Kier molecular flexibility index (Phi) is 14.3. The molecule has 0 unspecified atom stereocenters. The lowest BCUT2D eigenvalue weighted by Gasteiger charge is -2.21. The van der Waals surface area contributed by atoms with Crippen LogP contribution in [0.1, 0.15) is 54.9 Å². The van der Waals surface area contributed by atoms with E-state index in [2.05, 4.69) is 71.9 Å². The second-order valence-electron chi connectivity index (χ2n) is 11.1. The van der Waals surface area contributed by atoms with Gasteiger partial charge in [-0.05, 0) is 92.1 Å². The molecule has 1 aromatic heterocycles. The molecule has 0 fully saturated rings. The van der Waals surface area contributed by atoms with E-state index in [0.717, 1.165) is 53.4 Å². The number of anilines is 3. The first-order chi connectivity index (χ1) is 23.5. The van der Waals surface area contributed by atoms with Gasteiger partial charge in [-0.1, -0.05) is 54.6 Å². The molecule has 3 aromatic carbocycles. The number of aromatic nitrogens is 3. The van der Waals surface area contributed by atoms with Crippen LogP contribution in [0, 0.1) is 0 Å². The summed E-state index contributed by atoms with van der Waals surface area (Å²) in [5.41, 5.74) is 6.23. The normalized spacial score (nSPS) is 11.6. The van der Waals surface area contributed by atoms with Gasteiger partial charge in [0.2, 0.25) is 0 Å². The molecule has 9 nitrogen and oxygen atoms in total. The fourth-order valence-corrected chi connectivity index (χ4v) is 5.32. The van der Waals surface area contributed by atoms with Crippen LogP contribution in [-0.4, -0.2) is 89.4 Å². The summed E-state index contributed by atoms with van der Waals surface area (Å²) >= 11 is 0. The second kappa shape index (κ2) is 19.1. The molecule has 9 heteroatoms. The summed E-state index contributed by atoms with van der Waals surface area (Å²) in [5, 5.41) is 28.1. The molecule has 4 rings (SSSR count). The Morgan fingerprint density at radius 1 is 0.417 bits per heavy atom. The predicted molar refractivity (Wildman–Crippen MR) is 201 cm³/mol. The largest absolute Gasteiger partial charge is 0.395 e. The van der Waals surface area contributed by atoms with Crippen molar-refractivity contribution in [3.05, 3.63) is 107 Å². The molecule has 48 heavy (non-hydrogen) atoms. The van der Waals surface area contributed by atoms with Gasteiger partial charge in [0.25, 0.3) is 0 Å². The van der Waals surface area contributed by atoms with Gasteiger partial charge in [0.05, 0.1) is 19.8 Å². The van der Waals surface area contributed by atoms with Crippen molar-refractivity contribution < 1.29 is 15.3 Å². The summed E-state index contributed by atoms with van der Waals surface area (Å²) in [6.45, 7) is 10.8. The lowest BCUT2D eigenvalue weighted by Crippen LogP contribution is -2.25. The van der Waals surface area contributed by atoms with Crippen molar-refractivity contribution in [3.63, 3.8) is 0 Å². The van der Waals surface area contributed by atoms with Gasteiger partial charge in [0, 0.05) is 56.3 Å². The number of rotatable bonds is 18. The average Bonchev–Trinajstić information content (AvgIpc) is 3.13. The molecular weight excluding hydrogens is 600 g/mol. The van der Waals surface area contributed by atoms with Gasteiger partial charge in [-0.15, -0.1) is 0 Å². The first-order valence-electron chi connectivity index (χ1n) is 16.7. The second-order valence-corrected chi connectivity index (χ2v) is 11.1. The summed E-state index contributed by atoms with van der Waals surface area (Å²) < 4.78 is 0.